The van der Waals surface area contributed by atoms with E-state index in [-0.39, 0.29) is 0 Å². The summed E-state index contributed by atoms with van der Waals surface area (Å²) in [6.07, 6.45) is 7.25. The largest absolute Gasteiger partial charge is 0.464 e. The van der Waals surface area contributed by atoms with Gasteiger partial charge in [-0.15, -0.1) is 0 Å². The van der Waals surface area contributed by atoms with Crippen LogP contribution in [0.2, 0.25) is 0 Å². The predicted octanol–water partition coefficient (Wildman–Crippen LogP) is 4.49. The lowest BCUT2D eigenvalue weighted by atomic mass is 9.73. The molecule has 1 saturated carbocycles. The Labute approximate surface area is 115 Å². The Balaban J connectivity index is 1.72. The Hall–Kier alpha value is -1.28. The molecule has 0 saturated heterocycles. The first-order chi connectivity index (χ1) is 9.17. The zero-order valence-corrected chi connectivity index (χ0v) is 11.9. The third kappa shape index (κ3) is 2.55. The maximum absolute atomic E-state index is 5.60. The maximum atomic E-state index is 5.60. The average Bonchev–Trinajstić information content (AvgIpc) is 2.80. The summed E-state index contributed by atoms with van der Waals surface area (Å²) < 4.78 is 5.60. The van der Waals surface area contributed by atoms with Crippen molar-refractivity contribution in [3.05, 3.63) is 36.1 Å². The molecule has 1 aromatic carbocycles. The van der Waals surface area contributed by atoms with Gasteiger partial charge in [-0.2, -0.15) is 0 Å². The number of rotatable bonds is 3. The standard InChI is InChI=1S/C17H23NO/c1-17(2)10-6-5-9-16(17)18-11-13-12-19-15-8-4-3-7-14(13)15/h3-4,7-8,12,16,18H,5-6,9-11H2,1-2H3. The van der Waals surface area contributed by atoms with Crippen molar-refractivity contribution in [3.8, 4) is 0 Å². The normalized spacial score (nSPS) is 22.7. The second-order valence-corrected chi connectivity index (χ2v) is 6.42. The van der Waals surface area contributed by atoms with Gasteiger partial charge in [-0.1, -0.05) is 44.9 Å². The summed E-state index contributed by atoms with van der Waals surface area (Å²) in [6.45, 7) is 5.68. The van der Waals surface area contributed by atoms with E-state index in [1.165, 1.54) is 36.6 Å². The van der Waals surface area contributed by atoms with E-state index in [4.69, 9.17) is 4.42 Å². The van der Waals surface area contributed by atoms with Crippen molar-refractivity contribution in [1.29, 1.82) is 0 Å². The van der Waals surface area contributed by atoms with Crippen LogP contribution in [0, 0.1) is 5.41 Å². The van der Waals surface area contributed by atoms with E-state index in [9.17, 15) is 0 Å². The molecule has 102 valence electrons. The molecule has 2 nitrogen and oxygen atoms in total. The van der Waals surface area contributed by atoms with Gasteiger partial charge in [0.1, 0.15) is 5.58 Å². The van der Waals surface area contributed by atoms with Crippen molar-refractivity contribution < 1.29 is 4.42 Å². The van der Waals surface area contributed by atoms with Gasteiger partial charge in [0.25, 0.3) is 0 Å². The summed E-state index contributed by atoms with van der Waals surface area (Å²) in [5, 5.41) is 4.99. The highest BCUT2D eigenvalue weighted by Gasteiger charge is 2.31. The molecule has 1 aliphatic rings. The first kappa shape index (κ1) is 12.7. The Morgan fingerprint density at radius 1 is 1.26 bits per heavy atom. The SMILES string of the molecule is CC1(C)CCCCC1NCc1coc2ccccc12. The molecule has 2 heteroatoms. The van der Waals surface area contributed by atoms with Crippen molar-refractivity contribution in [1.82, 2.24) is 5.32 Å². The topological polar surface area (TPSA) is 25.2 Å². The van der Waals surface area contributed by atoms with Crippen LogP contribution in [0.25, 0.3) is 11.0 Å². The Morgan fingerprint density at radius 2 is 2.11 bits per heavy atom. The van der Waals surface area contributed by atoms with Crippen LogP contribution in [0.3, 0.4) is 0 Å². The van der Waals surface area contributed by atoms with Gasteiger partial charge in [0.15, 0.2) is 0 Å². The van der Waals surface area contributed by atoms with Crippen LogP contribution in [-0.4, -0.2) is 6.04 Å². The maximum Gasteiger partial charge on any atom is 0.134 e. The number of fused-ring (bicyclic) bond motifs is 1. The van der Waals surface area contributed by atoms with Gasteiger partial charge in [-0.05, 0) is 24.3 Å². The van der Waals surface area contributed by atoms with E-state index in [1.54, 1.807) is 0 Å². The fourth-order valence-electron chi connectivity index (χ4n) is 3.28. The number of nitrogens with one attached hydrogen (secondary N) is 1. The van der Waals surface area contributed by atoms with Gasteiger partial charge in [-0.3, -0.25) is 0 Å². The monoisotopic (exact) mass is 257 g/mol. The van der Waals surface area contributed by atoms with E-state index in [0.717, 1.165) is 12.1 Å². The fraction of sp³-hybridized carbons (Fsp3) is 0.529. The molecule has 0 amide bonds. The van der Waals surface area contributed by atoms with E-state index in [0.29, 0.717) is 11.5 Å². The number of furan rings is 1. The number of hydrogen-bond donors (Lipinski definition) is 1. The van der Waals surface area contributed by atoms with Gasteiger partial charge in [-0.25, -0.2) is 0 Å². The molecule has 0 spiro atoms. The van der Waals surface area contributed by atoms with Crippen LogP contribution in [-0.2, 0) is 6.54 Å². The molecule has 1 aromatic heterocycles. The first-order valence-electron chi connectivity index (χ1n) is 7.35. The number of para-hydroxylation sites is 1. The van der Waals surface area contributed by atoms with E-state index in [2.05, 4.69) is 31.3 Å². The molecular weight excluding hydrogens is 234 g/mol. The van der Waals surface area contributed by atoms with Gasteiger partial charge in [0.05, 0.1) is 6.26 Å². The van der Waals surface area contributed by atoms with E-state index in [1.807, 2.05) is 18.4 Å². The quantitative estimate of drug-likeness (QED) is 0.876. The van der Waals surface area contributed by atoms with Crippen molar-refractivity contribution >= 4 is 11.0 Å². The molecule has 1 atom stereocenters. The van der Waals surface area contributed by atoms with Crippen LogP contribution in [0.4, 0.5) is 0 Å². The van der Waals surface area contributed by atoms with Crippen molar-refractivity contribution in [2.24, 2.45) is 5.41 Å². The van der Waals surface area contributed by atoms with Gasteiger partial charge >= 0.3 is 0 Å². The number of benzene rings is 1. The third-order valence-electron chi connectivity index (χ3n) is 4.61. The van der Waals surface area contributed by atoms with Crippen LogP contribution < -0.4 is 5.32 Å². The van der Waals surface area contributed by atoms with Crippen molar-refractivity contribution in [2.75, 3.05) is 0 Å². The minimum Gasteiger partial charge on any atom is -0.464 e. The zero-order chi connectivity index (χ0) is 13.3. The lowest BCUT2D eigenvalue weighted by Gasteiger charge is -2.39. The fourth-order valence-corrected chi connectivity index (χ4v) is 3.28. The molecule has 0 radical (unpaired) electrons. The van der Waals surface area contributed by atoms with Gasteiger partial charge in [0, 0.05) is 23.5 Å². The summed E-state index contributed by atoms with van der Waals surface area (Å²) >= 11 is 0. The Kier molecular flexibility index (Phi) is 3.36. The van der Waals surface area contributed by atoms with E-state index >= 15 is 0 Å². The molecule has 0 aliphatic heterocycles. The lowest BCUT2D eigenvalue weighted by Crippen LogP contribution is -2.43. The molecule has 1 unspecified atom stereocenters. The zero-order valence-electron chi connectivity index (χ0n) is 11.9. The van der Waals surface area contributed by atoms with Gasteiger partial charge < -0.3 is 9.73 Å². The molecule has 0 bridgehead atoms. The van der Waals surface area contributed by atoms with Crippen molar-refractivity contribution in [3.63, 3.8) is 0 Å². The minimum absolute atomic E-state index is 0.414. The second-order valence-electron chi connectivity index (χ2n) is 6.42. The smallest absolute Gasteiger partial charge is 0.134 e. The first-order valence-corrected chi connectivity index (χ1v) is 7.35. The van der Waals surface area contributed by atoms with E-state index < -0.39 is 0 Å². The summed E-state index contributed by atoms with van der Waals surface area (Å²) in [6, 6.07) is 8.89. The molecule has 1 fully saturated rings. The highest BCUT2D eigenvalue weighted by atomic mass is 16.3. The molecule has 1 N–H and O–H groups in total. The summed E-state index contributed by atoms with van der Waals surface area (Å²) in [5.74, 6) is 0. The summed E-state index contributed by atoms with van der Waals surface area (Å²) in [4.78, 5) is 0. The molecule has 19 heavy (non-hydrogen) atoms. The molecular formula is C17H23NO. The second kappa shape index (κ2) is 5.01. The predicted molar refractivity (Wildman–Crippen MR) is 79.1 cm³/mol. The van der Waals surface area contributed by atoms with Crippen LogP contribution in [0.15, 0.2) is 34.9 Å². The molecule has 1 aliphatic carbocycles. The highest BCUT2D eigenvalue weighted by molar-refractivity contribution is 5.80. The third-order valence-corrected chi connectivity index (χ3v) is 4.61. The summed E-state index contributed by atoms with van der Waals surface area (Å²) in [7, 11) is 0. The van der Waals surface area contributed by atoms with Crippen LogP contribution in [0.1, 0.15) is 45.1 Å². The number of hydrogen-bond acceptors (Lipinski definition) is 2. The Bertz CT molecular complexity index is 555. The van der Waals surface area contributed by atoms with Crippen LogP contribution in [0.5, 0.6) is 0 Å². The molecule has 1 heterocycles. The summed E-state index contributed by atoms with van der Waals surface area (Å²) in [5.41, 5.74) is 2.68. The lowest BCUT2D eigenvalue weighted by molar-refractivity contribution is 0.167. The van der Waals surface area contributed by atoms with Crippen molar-refractivity contribution in [2.45, 2.75) is 52.1 Å². The molecule has 3 rings (SSSR count). The molecule has 2 aromatic rings. The van der Waals surface area contributed by atoms with Crippen LogP contribution >= 0.6 is 0 Å². The van der Waals surface area contributed by atoms with Gasteiger partial charge in [0.2, 0.25) is 0 Å². The minimum atomic E-state index is 0.414. The average molecular weight is 257 g/mol. The highest BCUT2D eigenvalue weighted by Crippen LogP contribution is 2.35. The Morgan fingerprint density at radius 3 is 2.95 bits per heavy atom.